The number of pyridine rings is 1. The molecule has 7 nitrogen and oxygen atoms in total. The Morgan fingerprint density at radius 2 is 1.78 bits per heavy atom. The quantitative estimate of drug-likeness (QED) is 0.650. The summed E-state index contributed by atoms with van der Waals surface area (Å²) >= 11 is 0. The molecule has 7 heteroatoms. The number of rotatable bonds is 6. The normalized spacial score (nSPS) is 14.1. The maximum absolute atomic E-state index is 13.1. The first kappa shape index (κ1) is 21.5. The average Bonchev–Trinajstić information content (AvgIpc) is 2.84. The minimum Gasteiger partial charge on any atom is -0.488 e. The van der Waals surface area contributed by atoms with Crippen molar-refractivity contribution in [3.8, 4) is 5.75 Å². The van der Waals surface area contributed by atoms with Crippen LogP contribution in [0.15, 0.2) is 73.1 Å². The third-order valence-corrected chi connectivity index (χ3v) is 5.42. The second kappa shape index (κ2) is 10.1. The predicted molar refractivity (Wildman–Crippen MR) is 123 cm³/mol. The molecule has 1 aliphatic rings. The second-order valence-corrected chi connectivity index (χ2v) is 7.78. The number of ether oxygens (including phenoxy) is 1. The van der Waals surface area contributed by atoms with Gasteiger partial charge < -0.3 is 19.9 Å². The van der Waals surface area contributed by atoms with Gasteiger partial charge in [0, 0.05) is 37.9 Å². The lowest BCUT2D eigenvalue weighted by molar-refractivity contribution is 0.0664. The van der Waals surface area contributed by atoms with Crippen LogP contribution in [0.25, 0.3) is 0 Å². The first-order chi connectivity index (χ1) is 15.6. The second-order valence-electron chi connectivity index (χ2n) is 7.78. The maximum atomic E-state index is 13.1. The fourth-order valence-corrected chi connectivity index (χ4v) is 3.53. The number of anilines is 1. The average molecular weight is 431 g/mol. The lowest BCUT2D eigenvalue weighted by Crippen LogP contribution is -2.47. The molecule has 0 bridgehead atoms. The summed E-state index contributed by atoms with van der Waals surface area (Å²) in [5.41, 5.74) is 2.34. The number of aromatic nitrogens is 1. The molecule has 164 valence electrons. The van der Waals surface area contributed by atoms with Gasteiger partial charge in [-0.3, -0.25) is 14.6 Å². The van der Waals surface area contributed by atoms with Gasteiger partial charge in [0.2, 0.25) is 0 Å². The molecule has 2 aromatic carbocycles. The zero-order chi connectivity index (χ0) is 22.3. The number of benzene rings is 2. The van der Waals surface area contributed by atoms with Gasteiger partial charge in [-0.2, -0.15) is 0 Å². The summed E-state index contributed by atoms with van der Waals surface area (Å²) in [6.45, 7) is 3.31. The van der Waals surface area contributed by atoms with Gasteiger partial charge in [-0.1, -0.05) is 30.3 Å². The van der Waals surface area contributed by atoms with Crippen molar-refractivity contribution >= 4 is 17.5 Å². The van der Waals surface area contributed by atoms with Gasteiger partial charge >= 0.3 is 0 Å². The Balaban J connectivity index is 1.58. The summed E-state index contributed by atoms with van der Waals surface area (Å²) in [5, 5.41) is 2.84. The van der Waals surface area contributed by atoms with E-state index in [4.69, 9.17) is 4.74 Å². The first-order valence-electron chi connectivity index (χ1n) is 10.6. The fourth-order valence-electron chi connectivity index (χ4n) is 3.53. The van der Waals surface area contributed by atoms with Crippen LogP contribution >= 0.6 is 0 Å². The molecule has 4 rings (SSSR count). The lowest BCUT2D eigenvalue weighted by atomic mass is 10.1. The molecule has 3 aromatic rings. The van der Waals surface area contributed by atoms with Crippen molar-refractivity contribution in [3.05, 3.63) is 89.7 Å². The SMILES string of the molecule is CN1CCN(C(=O)c2ccc(OCc3ccccc3)c(C(=O)Nc3cccnc3)c2)CC1. The standard InChI is InChI=1S/C25H26N4O3/c1-28-12-14-29(15-13-28)25(31)20-9-10-23(32-18-19-6-3-2-4-7-19)22(16-20)24(30)27-21-8-5-11-26-17-21/h2-11,16-17H,12-15,18H2,1H3,(H,27,30). The highest BCUT2D eigenvalue weighted by Gasteiger charge is 2.23. The number of nitrogens with zero attached hydrogens (tertiary/aromatic N) is 3. The maximum Gasteiger partial charge on any atom is 0.259 e. The van der Waals surface area contributed by atoms with Crippen LogP contribution in [0.5, 0.6) is 5.75 Å². The van der Waals surface area contributed by atoms with E-state index in [-0.39, 0.29) is 11.8 Å². The van der Waals surface area contributed by atoms with Crippen LogP contribution in [0.4, 0.5) is 5.69 Å². The number of carbonyl (C=O) groups is 2. The Labute approximate surface area is 187 Å². The summed E-state index contributed by atoms with van der Waals surface area (Å²) < 4.78 is 5.97. The summed E-state index contributed by atoms with van der Waals surface area (Å²) in [6.07, 6.45) is 3.21. The van der Waals surface area contributed by atoms with Gasteiger partial charge in [-0.25, -0.2) is 0 Å². The number of amides is 2. The summed E-state index contributed by atoms with van der Waals surface area (Å²) in [7, 11) is 2.04. The molecule has 1 saturated heterocycles. The van der Waals surface area contributed by atoms with Crippen molar-refractivity contribution in [2.24, 2.45) is 0 Å². The van der Waals surface area contributed by atoms with E-state index in [0.717, 1.165) is 18.7 Å². The fraction of sp³-hybridized carbons (Fsp3) is 0.240. The van der Waals surface area contributed by atoms with Crippen LogP contribution in [0.2, 0.25) is 0 Å². The van der Waals surface area contributed by atoms with Gasteiger partial charge in [0.05, 0.1) is 17.4 Å². The molecule has 0 saturated carbocycles. The molecule has 0 aliphatic carbocycles. The zero-order valence-corrected chi connectivity index (χ0v) is 18.0. The highest BCUT2D eigenvalue weighted by Crippen LogP contribution is 2.24. The van der Waals surface area contributed by atoms with E-state index < -0.39 is 0 Å². The summed E-state index contributed by atoms with van der Waals surface area (Å²) in [6, 6.07) is 18.3. The summed E-state index contributed by atoms with van der Waals surface area (Å²) in [4.78, 5) is 34.2. The highest BCUT2D eigenvalue weighted by molar-refractivity contribution is 6.08. The molecule has 0 atom stereocenters. The molecule has 0 unspecified atom stereocenters. The molecule has 0 radical (unpaired) electrons. The number of nitrogens with one attached hydrogen (secondary N) is 1. The van der Waals surface area contributed by atoms with Crippen molar-refractivity contribution in [2.45, 2.75) is 6.61 Å². The highest BCUT2D eigenvalue weighted by atomic mass is 16.5. The zero-order valence-electron chi connectivity index (χ0n) is 18.0. The largest absolute Gasteiger partial charge is 0.488 e. The monoisotopic (exact) mass is 430 g/mol. The minimum atomic E-state index is -0.353. The minimum absolute atomic E-state index is 0.0804. The van der Waals surface area contributed by atoms with Gasteiger partial charge in [0.15, 0.2) is 0 Å². The molecule has 32 heavy (non-hydrogen) atoms. The van der Waals surface area contributed by atoms with Gasteiger partial charge in [0.25, 0.3) is 11.8 Å². The van der Waals surface area contributed by atoms with Gasteiger partial charge in [-0.15, -0.1) is 0 Å². The molecule has 1 N–H and O–H groups in total. The Bertz CT molecular complexity index is 1070. The van der Waals surface area contributed by atoms with E-state index in [1.807, 2.05) is 42.3 Å². The van der Waals surface area contributed by atoms with E-state index in [9.17, 15) is 9.59 Å². The Morgan fingerprint density at radius 3 is 2.50 bits per heavy atom. The van der Waals surface area contributed by atoms with E-state index in [1.54, 1.807) is 42.7 Å². The van der Waals surface area contributed by atoms with Gasteiger partial charge in [-0.05, 0) is 42.9 Å². The van der Waals surface area contributed by atoms with E-state index in [1.165, 1.54) is 0 Å². The molecule has 0 spiro atoms. The number of hydrogen-bond donors (Lipinski definition) is 1. The van der Waals surface area contributed by atoms with E-state index in [0.29, 0.717) is 42.3 Å². The topological polar surface area (TPSA) is 74.8 Å². The van der Waals surface area contributed by atoms with Crippen molar-refractivity contribution < 1.29 is 14.3 Å². The Morgan fingerprint density at radius 1 is 1.00 bits per heavy atom. The Hall–Kier alpha value is -3.71. The van der Waals surface area contributed by atoms with Crippen LogP contribution in [0.3, 0.4) is 0 Å². The van der Waals surface area contributed by atoms with Crippen LogP contribution in [0, 0.1) is 0 Å². The van der Waals surface area contributed by atoms with Crippen molar-refractivity contribution in [1.29, 1.82) is 0 Å². The molecule has 1 aromatic heterocycles. The molecular weight excluding hydrogens is 404 g/mol. The Kier molecular flexibility index (Phi) is 6.77. The van der Waals surface area contributed by atoms with Gasteiger partial charge in [0.1, 0.15) is 12.4 Å². The smallest absolute Gasteiger partial charge is 0.259 e. The van der Waals surface area contributed by atoms with Crippen LogP contribution in [-0.2, 0) is 6.61 Å². The summed E-state index contributed by atoms with van der Waals surface area (Å²) in [5.74, 6) is -0.0117. The van der Waals surface area contributed by atoms with Crippen LogP contribution in [-0.4, -0.2) is 59.8 Å². The van der Waals surface area contributed by atoms with Crippen LogP contribution < -0.4 is 10.1 Å². The predicted octanol–water partition coefficient (Wildman–Crippen LogP) is 3.30. The lowest BCUT2D eigenvalue weighted by Gasteiger charge is -2.32. The third-order valence-electron chi connectivity index (χ3n) is 5.42. The molecule has 2 heterocycles. The van der Waals surface area contributed by atoms with Crippen molar-refractivity contribution in [1.82, 2.24) is 14.8 Å². The van der Waals surface area contributed by atoms with E-state index in [2.05, 4.69) is 15.2 Å². The van der Waals surface area contributed by atoms with Crippen molar-refractivity contribution in [3.63, 3.8) is 0 Å². The number of hydrogen-bond acceptors (Lipinski definition) is 5. The molecule has 2 amide bonds. The molecular formula is C25H26N4O3. The molecule has 1 fully saturated rings. The van der Waals surface area contributed by atoms with Crippen molar-refractivity contribution in [2.75, 3.05) is 38.5 Å². The van der Waals surface area contributed by atoms with E-state index >= 15 is 0 Å². The first-order valence-corrected chi connectivity index (χ1v) is 10.6. The number of likely N-dealkylation sites (N-methyl/N-ethyl adjacent to an activating group) is 1. The third kappa shape index (κ3) is 5.31. The number of piperazine rings is 1. The number of carbonyl (C=O) groups excluding carboxylic acids is 2. The molecule has 1 aliphatic heterocycles. The van der Waals surface area contributed by atoms with Crippen LogP contribution in [0.1, 0.15) is 26.3 Å².